The first-order valence-electron chi connectivity index (χ1n) is 8.05. The molecule has 25 heavy (non-hydrogen) atoms. The van der Waals surface area contributed by atoms with Crippen LogP contribution < -0.4 is 5.43 Å². The van der Waals surface area contributed by atoms with E-state index in [4.69, 9.17) is 0 Å². The number of nitrogens with zero attached hydrogens (tertiary/aromatic N) is 3. The average molecular weight is 358 g/mol. The molecule has 6 nitrogen and oxygen atoms in total. The lowest BCUT2D eigenvalue weighted by Gasteiger charge is -2.18. The van der Waals surface area contributed by atoms with Crippen LogP contribution in [0.5, 0.6) is 0 Å². The standard InChI is InChI=1S/C18H22N4O2S/c1-3-22(4-2)25(23,24)17-12-13-18(19-15-17)21-20-14-8-11-16-9-6-5-7-10-16/h5-15H,3-4H2,1-2H3,(H,19,21)/b11-8+,20-14+. The van der Waals surface area contributed by atoms with Gasteiger partial charge < -0.3 is 0 Å². The van der Waals surface area contributed by atoms with Crippen molar-refractivity contribution >= 4 is 28.1 Å². The molecule has 0 radical (unpaired) electrons. The lowest BCUT2D eigenvalue weighted by Crippen LogP contribution is -2.30. The molecule has 0 spiro atoms. The van der Waals surface area contributed by atoms with Gasteiger partial charge in [0.15, 0.2) is 0 Å². The van der Waals surface area contributed by atoms with Gasteiger partial charge in [-0.3, -0.25) is 5.43 Å². The second-order valence-corrected chi connectivity index (χ2v) is 7.07. The smallest absolute Gasteiger partial charge is 0.244 e. The van der Waals surface area contributed by atoms with Crippen LogP contribution in [0.25, 0.3) is 6.08 Å². The highest BCUT2D eigenvalue weighted by Crippen LogP contribution is 2.15. The minimum Gasteiger partial charge on any atom is -0.261 e. The molecule has 2 rings (SSSR count). The summed E-state index contributed by atoms with van der Waals surface area (Å²) < 4.78 is 26.1. The second kappa shape index (κ2) is 9.10. The van der Waals surface area contributed by atoms with Crippen LogP contribution >= 0.6 is 0 Å². The summed E-state index contributed by atoms with van der Waals surface area (Å²) in [5.74, 6) is 0.475. The number of pyridine rings is 1. The van der Waals surface area contributed by atoms with Crippen LogP contribution in [-0.4, -0.2) is 37.0 Å². The summed E-state index contributed by atoms with van der Waals surface area (Å²) in [5.41, 5.74) is 3.85. The van der Waals surface area contributed by atoms with Crippen LogP contribution in [0, 0.1) is 0 Å². The van der Waals surface area contributed by atoms with E-state index in [1.165, 1.54) is 16.6 Å². The van der Waals surface area contributed by atoms with Gasteiger partial charge in [0.05, 0.1) is 0 Å². The summed E-state index contributed by atoms with van der Waals surface area (Å²) in [6.45, 7) is 4.47. The van der Waals surface area contributed by atoms with Crippen molar-refractivity contribution in [2.45, 2.75) is 18.7 Å². The molecule has 0 aliphatic heterocycles. The average Bonchev–Trinajstić information content (AvgIpc) is 2.63. The van der Waals surface area contributed by atoms with Crippen LogP contribution in [0.2, 0.25) is 0 Å². The molecule has 1 aromatic heterocycles. The van der Waals surface area contributed by atoms with E-state index in [9.17, 15) is 8.42 Å². The number of allylic oxidation sites excluding steroid dienone is 1. The molecule has 0 saturated carbocycles. The number of anilines is 1. The summed E-state index contributed by atoms with van der Waals surface area (Å²) in [7, 11) is -3.48. The Labute approximate surface area is 149 Å². The van der Waals surface area contributed by atoms with Crippen molar-refractivity contribution in [1.29, 1.82) is 0 Å². The Morgan fingerprint density at radius 2 is 1.84 bits per heavy atom. The molecule has 7 heteroatoms. The maximum Gasteiger partial charge on any atom is 0.244 e. The maximum atomic E-state index is 12.4. The maximum absolute atomic E-state index is 12.4. The number of benzene rings is 1. The van der Waals surface area contributed by atoms with Crippen LogP contribution in [-0.2, 0) is 10.0 Å². The van der Waals surface area contributed by atoms with Gasteiger partial charge in [0, 0.05) is 25.5 Å². The third-order valence-corrected chi connectivity index (χ3v) is 5.54. The first-order valence-corrected chi connectivity index (χ1v) is 9.49. The number of aromatic nitrogens is 1. The first kappa shape index (κ1) is 18.8. The molecule has 0 atom stereocenters. The van der Waals surface area contributed by atoms with Crippen LogP contribution in [0.4, 0.5) is 5.82 Å². The molecule has 0 saturated heterocycles. The van der Waals surface area contributed by atoms with Gasteiger partial charge in [-0.1, -0.05) is 50.3 Å². The zero-order valence-electron chi connectivity index (χ0n) is 14.3. The summed E-state index contributed by atoms with van der Waals surface area (Å²) in [6, 6.07) is 13.0. The Hall–Kier alpha value is -2.51. The number of hydrogen-bond donors (Lipinski definition) is 1. The van der Waals surface area contributed by atoms with Gasteiger partial charge in [-0.25, -0.2) is 13.4 Å². The summed E-state index contributed by atoms with van der Waals surface area (Å²) >= 11 is 0. The quantitative estimate of drug-likeness (QED) is 0.581. The van der Waals surface area contributed by atoms with E-state index in [2.05, 4.69) is 15.5 Å². The van der Waals surface area contributed by atoms with Crippen molar-refractivity contribution in [2.24, 2.45) is 5.10 Å². The molecule has 132 valence electrons. The highest BCUT2D eigenvalue weighted by molar-refractivity contribution is 7.89. The monoisotopic (exact) mass is 358 g/mol. The van der Waals surface area contributed by atoms with Gasteiger partial charge in [0.25, 0.3) is 0 Å². The second-order valence-electron chi connectivity index (χ2n) is 5.13. The number of hydrazone groups is 1. The van der Waals surface area contributed by atoms with E-state index in [-0.39, 0.29) is 4.90 Å². The molecule has 2 aromatic rings. The highest BCUT2D eigenvalue weighted by Gasteiger charge is 2.21. The molecule has 1 N–H and O–H groups in total. The third-order valence-electron chi connectivity index (χ3n) is 3.51. The number of rotatable bonds is 8. The molecular weight excluding hydrogens is 336 g/mol. The Morgan fingerprint density at radius 1 is 1.12 bits per heavy atom. The van der Waals surface area contributed by atoms with Crippen molar-refractivity contribution in [3.05, 3.63) is 60.3 Å². The molecule has 0 aliphatic rings. The van der Waals surface area contributed by atoms with Crippen molar-refractivity contribution in [2.75, 3.05) is 18.5 Å². The van der Waals surface area contributed by atoms with E-state index in [1.807, 2.05) is 56.3 Å². The lowest BCUT2D eigenvalue weighted by molar-refractivity contribution is 0.445. The van der Waals surface area contributed by atoms with Crippen LogP contribution in [0.3, 0.4) is 0 Å². The number of nitrogens with one attached hydrogen (secondary N) is 1. The summed E-state index contributed by atoms with van der Waals surface area (Å²) in [6.07, 6.45) is 6.68. The van der Waals surface area contributed by atoms with Gasteiger partial charge in [0.1, 0.15) is 10.7 Å². The fraction of sp³-hybridized carbons (Fsp3) is 0.222. The van der Waals surface area contributed by atoms with Crippen molar-refractivity contribution in [3.8, 4) is 0 Å². The lowest BCUT2D eigenvalue weighted by atomic mass is 10.2. The van der Waals surface area contributed by atoms with Crippen LogP contribution in [0.1, 0.15) is 19.4 Å². The highest BCUT2D eigenvalue weighted by atomic mass is 32.2. The predicted molar refractivity (Wildman–Crippen MR) is 102 cm³/mol. The van der Waals surface area contributed by atoms with Gasteiger partial charge in [-0.2, -0.15) is 9.41 Å². The van der Waals surface area contributed by atoms with Crippen LogP contribution in [0.15, 0.2) is 64.7 Å². The fourth-order valence-corrected chi connectivity index (χ4v) is 3.58. The topological polar surface area (TPSA) is 74.7 Å². The number of sulfonamides is 1. The number of hydrogen-bond acceptors (Lipinski definition) is 5. The minimum absolute atomic E-state index is 0.176. The van der Waals surface area contributed by atoms with Gasteiger partial charge >= 0.3 is 0 Å². The normalized spacial score (nSPS) is 12.3. The predicted octanol–water partition coefficient (Wildman–Crippen LogP) is 3.22. The van der Waals surface area contributed by atoms with Crippen molar-refractivity contribution in [3.63, 3.8) is 0 Å². The largest absolute Gasteiger partial charge is 0.261 e. The Morgan fingerprint density at radius 3 is 2.44 bits per heavy atom. The van der Waals surface area contributed by atoms with E-state index in [1.54, 1.807) is 12.3 Å². The SMILES string of the molecule is CCN(CC)S(=O)(=O)c1ccc(N/N=C/C=C/c2ccccc2)nc1. The molecule has 0 amide bonds. The van der Waals surface area contributed by atoms with E-state index >= 15 is 0 Å². The molecule has 0 fully saturated rings. The molecular formula is C18H22N4O2S. The fourth-order valence-electron chi connectivity index (χ4n) is 2.18. The Kier molecular flexibility index (Phi) is 6.85. The van der Waals surface area contributed by atoms with E-state index in [0.717, 1.165) is 5.56 Å². The zero-order valence-corrected chi connectivity index (χ0v) is 15.1. The van der Waals surface area contributed by atoms with Gasteiger partial charge in [0.2, 0.25) is 10.0 Å². The zero-order chi connectivity index (χ0) is 18.1. The summed E-state index contributed by atoms with van der Waals surface area (Å²) in [4.78, 5) is 4.27. The molecule has 0 bridgehead atoms. The van der Waals surface area contributed by atoms with Crippen molar-refractivity contribution in [1.82, 2.24) is 9.29 Å². The molecule has 1 aromatic carbocycles. The minimum atomic E-state index is -3.48. The summed E-state index contributed by atoms with van der Waals surface area (Å²) in [5, 5.41) is 4.03. The molecule has 1 heterocycles. The van der Waals surface area contributed by atoms with E-state index < -0.39 is 10.0 Å². The Bertz CT molecular complexity index is 812. The Balaban J connectivity index is 1.96. The third kappa shape index (κ3) is 5.23. The van der Waals surface area contributed by atoms with Gasteiger partial charge in [-0.15, -0.1) is 0 Å². The molecule has 0 aliphatic carbocycles. The molecule has 0 unspecified atom stereocenters. The van der Waals surface area contributed by atoms with Crippen molar-refractivity contribution < 1.29 is 8.42 Å². The van der Waals surface area contributed by atoms with Gasteiger partial charge in [-0.05, 0) is 23.8 Å². The first-order chi connectivity index (χ1) is 12.1. The van der Waals surface area contributed by atoms with E-state index in [0.29, 0.717) is 18.9 Å².